The van der Waals surface area contributed by atoms with Crippen molar-refractivity contribution in [2.45, 2.75) is 227 Å². The normalized spacial score (nSPS) is 55.2. The van der Waals surface area contributed by atoms with Gasteiger partial charge < -0.3 is 47.4 Å². The van der Waals surface area contributed by atoms with Crippen molar-refractivity contribution in [1.29, 1.82) is 0 Å². The molecule has 21 atom stereocenters. The van der Waals surface area contributed by atoms with Crippen molar-refractivity contribution in [1.82, 2.24) is 0 Å². The molecule has 12 bridgehead atoms. The van der Waals surface area contributed by atoms with Gasteiger partial charge >= 0.3 is 5.97 Å². The van der Waals surface area contributed by atoms with Gasteiger partial charge in [-0.15, -0.1) is 0 Å². The van der Waals surface area contributed by atoms with E-state index in [0.29, 0.717) is 37.5 Å². The maximum atomic E-state index is 14.1. The average Bonchev–Trinajstić information content (AvgIpc) is 3.44. The maximum Gasteiger partial charge on any atom is 0.308 e. The first-order chi connectivity index (χ1) is 26.5. The Morgan fingerprint density at radius 2 is 1.38 bits per heavy atom. The molecule has 11 heterocycles. The lowest BCUT2D eigenvalue weighted by molar-refractivity contribution is -0.305. The molecule has 0 amide bonds. The van der Waals surface area contributed by atoms with Crippen molar-refractivity contribution >= 4 is 5.97 Å². The van der Waals surface area contributed by atoms with E-state index in [1.165, 1.54) is 0 Å². The third kappa shape index (κ3) is 6.91. The number of hydrogen-bond acceptors (Lipinski definition) is 11. The summed E-state index contributed by atoms with van der Waals surface area (Å²) in [7, 11) is 0. The van der Waals surface area contributed by atoms with Gasteiger partial charge in [0.1, 0.15) is 30.5 Å². The Kier molecular flexibility index (Phi) is 10.1. The van der Waals surface area contributed by atoms with E-state index in [9.17, 15) is 4.79 Å². The quantitative estimate of drug-likeness (QED) is 0.222. The van der Waals surface area contributed by atoms with E-state index >= 15 is 0 Å². The van der Waals surface area contributed by atoms with Crippen molar-refractivity contribution in [3.05, 3.63) is 24.3 Å². The Bertz CT molecular complexity index is 1490. The van der Waals surface area contributed by atoms with Crippen LogP contribution < -0.4 is 0 Å². The van der Waals surface area contributed by atoms with Crippen molar-refractivity contribution in [2.75, 3.05) is 0 Å². The summed E-state index contributed by atoms with van der Waals surface area (Å²) in [6, 6.07) is 0. The molecule has 2 unspecified atom stereocenters. The van der Waals surface area contributed by atoms with Crippen LogP contribution in [0.4, 0.5) is 0 Å². The van der Waals surface area contributed by atoms with Crippen molar-refractivity contribution in [3.63, 3.8) is 0 Å². The highest BCUT2D eigenvalue weighted by molar-refractivity contribution is 5.70. The first kappa shape index (κ1) is 37.8. The number of fused-ring (bicyclic) bond motifs is 7. The second-order valence-electron chi connectivity index (χ2n) is 19.2. The van der Waals surface area contributed by atoms with E-state index in [1.807, 2.05) is 0 Å². The SMILES string of the molecule is C=C1C[C@@H]2CC[C@]34C[C@H]5CC(O3)[C@@H]3O[C@H]6CC[C@H](CC(=O)O[C@@H]7[C@@H](C)[C@@H]8O[C@H](CC)[C@H](C)C[C@@H]8O[C@H]7C[C@H]7O[C@@H](CC[C@@H]1O2)C[C@@H](C)C7=C)O[C@@H]6[C@H](O4)C3O5. The predicted octanol–water partition coefficient (Wildman–Crippen LogP) is 6.28. The van der Waals surface area contributed by atoms with Crippen LogP contribution in [0.25, 0.3) is 0 Å². The van der Waals surface area contributed by atoms with Crippen LogP contribution in [0, 0.1) is 17.8 Å². The number of hydrogen-bond donors (Lipinski definition) is 0. The molecule has 0 saturated carbocycles. The van der Waals surface area contributed by atoms with Gasteiger partial charge in [0.25, 0.3) is 0 Å². The molecule has 1 spiro atoms. The number of carbonyl (C=O) groups is 1. The number of carbonyl (C=O) groups excluding carboxylic acids is 1. The molecule has 0 aromatic carbocycles. The molecule has 0 N–H and O–H groups in total. The minimum Gasteiger partial charge on any atom is -0.459 e. The topological polar surface area (TPSA) is 109 Å². The number of rotatable bonds is 1. The maximum absolute atomic E-state index is 14.1. The summed E-state index contributed by atoms with van der Waals surface area (Å²) in [6.07, 6.45) is 7.94. The highest BCUT2D eigenvalue weighted by Gasteiger charge is 2.64. The van der Waals surface area contributed by atoms with Crippen LogP contribution in [-0.2, 0) is 52.2 Å². The van der Waals surface area contributed by atoms with Gasteiger partial charge in [0.15, 0.2) is 5.79 Å². The van der Waals surface area contributed by atoms with Crippen LogP contribution in [0.3, 0.4) is 0 Å². The van der Waals surface area contributed by atoms with Crippen molar-refractivity contribution in [3.8, 4) is 0 Å². The van der Waals surface area contributed by atoms with Crippen LogP contribution in [0.2, 0.25) is 0 Å². The third-order valence-electron chi connectivity index (χ3n) is 15.4. The van der Waals surface area contributed by atoms with Gasteiger partial charge in [0.05, 0.1) is 79.7 Å². The van der Waals surface area contributed by atoms with Crippen LogP contribution in [0.5, 0.6) is 0 Å². The van der Waals surface area contributed by atoms with Crippen LogP contribution >= 0.6 is 0 Å². The molecule has 306 valence electrons. The molecular formula is C44H64O11. The zero-order valence-corrected chi connectivity index (χ0v) is 33.4. The summed E-state index contributed by atoms with van der Waals surface area (Å²) in [5.41, 5.74) is 2.25. The zero-order valence-electron chi connectivity index (χ0n) is 33.4. The fourth-order valence-corrected chi connectivity index (χ4v) is 12.4. The Morgan fingerprint density at radius 1 is 0.618 bits per heavy atom. The van der Waals surface area contributed by atoms with E-state index in [4.69, 9.17) is 47.4 Å². The summed E-state index contributed by atoms with van der Waals surface area (Å²) < 4.78 is 68.2. The van der Waals surface area contributed by atoms with Crippen LogP contribution in [-0.4, -0.2) is 116 Å². The summed E-state index contributed by atoms with van der Waals surface area (Å²) in [6.45, 7) is 17.9. The molecule has 0 aromatic rings. The smallest absolute Gasteiger partial charge is 0.308 e. The minimum atomic E-state index is -0.793. The van der Waals surface area contributed by atoms with E-state index in [0.717, 1.165) is 68.9 Å². The second-order valence-corrected chi connectivity index (χ2v) is 19.2. The van der Waals surface area contributed by atoms with Gasteiger partial charge in [-0.1, -0.05) is 40.9 Å². The molecule has 11 aliphatic rings. The number of esters is 1. The first-order valence-electron chi connectivity index (χ1n) is 22.0. The lowest BCUT2D eigenvalue weighted by Gasteiger charge is -2.52. The highest BCUT2D eigenvalue weighted by Crippen LogP contribution is 2.52. The van der Waals surface area contributed by atoms with Gasteiger partial charge in [0.2, 0.25) is 0 Å². The van der Waals surface area contributed by atoms with Gasteiger partial charge in [-0.25, -0.2) is 0 Å². The molecule has 11 fully saturated rings. The third-order valence-corrected chi connectivity index (χ3v) is 15.4. The molecule has 11 aliphatic heterocycles. The largest absolute Gasteiger partial charge is 0.459 e. The molecule has 0 aliphatic carbocycles. The van der Waals surface area contributed by atoms with E-state index < -0.39 is 11.9 Å². The second kappa shape index (κ2) is 14.7. The van der Waals surface area contributed by atoms with Crippen molar-refractivity contribution < 1.29 is 52.2 Å². The fourth-order valence-electron chi connectivity index (χ4n) is 12.4. The van der Waals surface area contributed by atoms with Gasteiger partial charge in [0, 0.05) is 31.6 Å². The van der Waals surface area contributed by atoms with Gasteiger partial charge in [-0.05, 0) is 80.8 Å². The van der Waals surface area contributed by atoms with Crippen molar-refractivity contribution in [2.24, 2.45) is 17.8 Å². The Balaban J connectivity index is 0.942. The van der Waals surface area contributed by atoms with Gasteiger partial charge in [-0.2, -0.15) is 0 Å². The van der Waals surface area contributed by atoms with E-state index in [1.54, 1.807) is 0 Å². The molecule has 11 saturated heterocycles. The summed E-state index contributed by atoms with van der Waals surface area (Å²) in [5.74, 6) is -0.433. The fraction of sp³-hybridized carbons (Fsp3) is 0.886. The Morgan fingerprint density at radius 3 is 2.24 bits per heavy atom. The highest BCUT2D eigenvalue weighted by atomic mass is 16.8. The molecule has 11 nitrogen and oxygen atoms in total. The molecule has 0 radical (unpaired) electrons. The zero-order chi connectivity index (χ0) is 37.7. The molecule has 0 aromatic heterocycles. The van der Waals surface area contributed by atoms with Crippen LogP contribution in [0.15, 0.2) is 24.3 Å². The minimum absolute atomic E-state index is 0.00139. The monoisotopic (exact) mass is 768 g/mol. The Hall–Kier alpha value is -1.41. The number of ether oxygens (including phenoxy) is 10. The standard InChI is InChI=1S/C44H64O11/c1-7-30-23(4)16-34-38(51-30)25(6)39-35(50-34)19-33-24(5)21(2)14-26(47-33)8-10-31-22(3)15-28(46-31)12-13-44-20-29-17-36(54-44)41-42(49-29)43(55-44)40-32(52-41)11-9-27(48-40)18-37(45)53-39/h21,23,25-36,38-43H,3,5,7-20H2,1-2,4,6H3/t21-,23-,25+,26+,27-,28+,29-,30-,31+,32+,33-,34+,35+,36?,38+,39-,40+,41+,42?,43+,44+/m1/s1. The first-order valence-corrected chi connectivity index (χ1v) is 22.0. The predicted molar refractivity (Wildman–Crippen MR) is 199 cm³/mol. The molecule has 55 heavy (non-hydrogen) atoms. The van der Waals surface area contributed by atoms with E-state index in [2.05, 4.69) is 40.9 Å². The summed E-state index contributed by atoms with van der Waals surface area (Å²) in [5, 5.41) is 0. The summed E-state index contributed by atoms with van der Waals surface area (Å²) in [4.78, 5) is 14.1. The summed E-state index contributed by atoms with van der Waals surface area (Å²) >= 11 is 0. The lowest BCUT2D eigenvalue weighted by Crippen LogP contribution is -2.66. The van der Waals surface area contributed by atoms with Gasteiger partial charge in [-0.3, -0.25) is 4.79 Å². The van der Waals surface area contributed by atoms with E-state index in [-0.39, 0.29) is 116 Å². The molecular weight excluding hydrogens is 704 g/mol. The van der Waals surface area contributed by atoms with Crippen LogP contribution in [0.1, 0.15) is 118 Å². The molecule has 11 heteroatoms. The molecule has 11 rings (SSSR count). The Labute approximate surface area is 326 Å². The average molecular weight is 769 g/mol. The lowest BCUT2D eigenvalue weighted by atomic mass is 9.78.